The monoisotopic (exact) mass is 254 g/mol. The van der Waals surface area contributed by atoms with E-state index in [0.717, 1.165) is 13.5 Å². The second-order valence-electron chi connectivity index (χ2n) is 7.03. The number of nitrogens with zero attached hydrogens (tertiary/aromatic N) is 2. The third-order valence-corrected chi connectivity index (χ3v) is 5.70. The van der Waals surface area contributed by atoms with Crippen molar-refractivity contribution in [1.82, 2.24) is 0 Å². The summed E-state index contributed by atoms with van der Waals surface area (Å²) in [6, 6.07) is 0. The summed E-state index contributed by atoms with van der Waals surface area (Å²) in [5.74, 6) is 0. The van der Waals surface area contributed by atoms with Gasteiger partial charge in [-0.3, -0.25) is 8.97 Å². The van der Waals surface area contributed by atoms with Crippen molar-refractivity contribution in [2.24, 2.45) is 0 Å². The van der Waals surface area contributed by atoms with E-state index in [4.69, 9.17) is 9.47 Å². The fraction of sp³-hybridized carbons (Fsp3) is 1.00. The normalized spacial score (nSPS) is 41.3. The molecule has 0 radical (unpaired) electrons. The molecule has 4 saturated heterocycles. The first-order valence-corrected chi connectivity index (χ1v) is 7.73. The Morgan fingerprint density at radius 3 is 1.39 bits per heavy atom. The second kappa shape index (κ2) is 4.17. The standard InChI is InChI=1S/C14H26N2O2/c1-2-6-15(5-1)9-13(17-11-15)14-10-16(12-18-14)7-3-4-8-16/h13-14H,1-12H2/q+2. The Bertz CT molecular complexity index is 290. The highest BCUT2D eigenvalue weighted by Crippen LogP contribution is 2.33. The van der Waals surface area contributed by atoms with Crippen LogP contribution in [0.4, 0.5) is 0 Å². The second-order valence-corrected chi connectivity index (χ2v) is 7.03. The van der Waals surface area contributed by atoms with Crippen LogP contribution in [-0.2, 0) is 9.47 Å². The summed E-state index contributed by atoms with van der Waals surface area (Å²) in [5.41, 5.74) is 0. The predicted octanol–water partition coefficient (Wildman–Crippen LogP) is 0.920. The highest BCUT2D eigenvalue weighted by Gasteiger charge is 2.51. The van der Waals surface area contributed by atoms with Crippen LogP contribution in [0.5, 0.6) is 0 Å². The molecule has 0 N–H and O–H groups in total. The van der Waals surface area contributed by atoms with Crippen molar-refractivity contribution >= 4 is 0 Å². The van der Waals surface area contributed by atoms with Crippen LogP contribution in [-0.4, -0.2) is 73.9 Å². The van der Waals surface area contributed by atoms with Gasteiger partial charge in [-0.25, -0.2) is 0 Å². The van der Waals surface area contributed by atoms with E-state index < -0.39 is 0 Å². The molecular formula is C14H26N2O2+2. The average Bonchev–Trinajstić information content (AvgIpc) is 3.12. The fourth-order valence-electron chi connectivity index (χ4n) is 4.57. The van der Waals surface area contributed by atoms with Crippen LogP contribution in [0.1, 0.15) is 25.7 Å². The number of hydrogen-bond acceptors (Lipinski definition) is 2. The summed E-state index contributed by atoms with van der Waals surface area (Å²) in [6.07, 6.45) is 6.31. The molecule has 4 heteroatoms. The predicted molar refractivity (Wildman–Crippen MR) is 67.7 cm³/mol. The van der Waals surface area contributed by atoms with E-state index in [2.05, 4.69) is 0 Å². The smallest absolute Gasteiger partial charge is 0.183 e. The molecule has 2 spiro atoms. The van der Waals surface area contributed by atoms with Gasteiger partial charge in [0.1, 0.15) is 25.3 Å². The first-order valence-electron chi connectivity index (χ1n) is 7.73. The van der Waals surface area contributed by atoms with Crippen molar-refractivity contribution in [3.63, 3.8) is 0 Å². The van der Waals surface area contributed by atoms with Crippen molar-refractivity contribution < 1.29 is 18.4 Å². The molecule has 2 unspecified atom stereocenters. The molecule has 0 amide bonds. The Morgan fingerprint density at radius 2 is 1.00 bits per heavy atom. The van der Waals surface area contributed by atoms with Gasteiger partial charge in [0.15, 0.2) is 13.5 Å². The molecule has 0 aromatic carbocycles. The summed E-state index contributed by atoms with van der Waals surface area (Å²) in [5, 5.41) is 0. The Hall–Kier alpha value is -0.160. The molecular weight excluding hydrogens is 228 g/mol. The summed E-state index contributed by atoms with van der Waals surface area (Å²) in [4.78, 5) is 0. The molecule has 102 valence electrons. The van der Waals surface area contributed by atoms with Crippen LogP contribution in [0.25, 0.3) is 0 Å². The number of rotatable bonds is 1. The van der Waals surface area contributed by atoms with Gasteiger partial charge in [-0.2, -0.15) is 0 Å². The van der Waals surface area contributed by atoms with Crippen LogP contribution >= 0.6 is 0 Å². The third kappa shape index (κ3) is 1.82. The van der Waals surface area contributed by atoms with Gasteiger partial charge in [-0.15, -0.1) is 0 Å². The zero-order valence-corrected chi connectivity index (χ0v) is 11.4. The highest BCUT2D eigenvalue weighted by atomic mass is 16.6. The van der Waals surface area contributed by atoms with Gasteiger partial charge < -0.3 is 9.47 Å². The molecule has 2 atom stereocenters. The maximum Gasteiger partial charge on any atom is 0.183 e. The minimum absolute atomic E-state index is 0.376. The molecule has 4 heterocycles. The first kappa shape index (κ1) is 11.6. The summed E-state index contributed by atoms with van der Waals surface area (Å²) in [7, 11) is 0. The van der Waals surface area contributed by atoms with Gasteiger partial charge in [0.05, 0.1) is 26.2 Å². The van der Waals surface area contributed by atoms with Crippen LogP contribution in [0.15, 0.2) is 0 Å². The van der Waals surface area contributed by atoms with E-state index in [1.54, 1.807) is 0 Å². The SMILES string of the molecule is C1CC[N+]2(C1)COC(C1C[N+]3(CCCC3)CO1)C2. The van der Waals surface area contributed by atoms with E-state index in [9.17, 15) is 0 Å². The molecule has 0 aliphatic carbocycles. The minimum atomic E-state index is 0.376. The van der Waals surface area contributed by atoms with Crippen LogP contribution in [0.3, 0.4) is 0 Å². The summed E-state index contributed by atoms with van der Waals surface area (Å²) in [6.45, 7) is 9.67. The number of ether oxygens (including phenoxy) is 2. The molecule has 4 aliphatic heterocycles. The first-order chi connectivity index (χ1) is 8.79. The lowest BCUT2D eigenvalue weighted by molar-refractivity contribution is -0.915. The molecule has 4 rings (SSSR count). The zero-order valence-electron chi connectivity index (χ0n) is 11.4. The number of hydrogen-bond donors (Lipinski definition) is 0. The minimum Gasteiger partial charge on any atom is -0.320 e. The molecule has 0 aromatic rings. The van der Waals surface area contributed by atoms with Crippen molar-refractivity contribution in [1.29, 1.82) is 0 Å². The summed E-state index contributed by atoms with van der Waals surface area (Å²) >= 11 is 0. The van der Waals surface area contributed by atoms with Gasteiger partial charge in [0, 0.05) is 25.7 Å². The van der Waals surface area contributed by atoms with Gasteiger partial charge >= 0.3 is 0 Å². The largest absolute Gasteiger partial charge is 0.320 e. The summed E-state index contributed by atoms with van der Waals surface area (Å²) < 4.78 is 14.7. The van der Waals surface area contributed by atoms with Gasteiger partial charge in [-0.05, 0) is 0 Å². The van der Waals surface area contributed by atoms with E-state index in [-0.39, 0.29) is 0 Å². The van der Waals surface area contributed by atoms with Crippen LogP contribution in [0.2, 0.25) is 0 Å². The molecule has 4 fully saturated rings. The van der Waals surface area contributed by atoms with Crippen molar-refractivity contribution in [3.8, 4) is 0 Å². The van der Waals surface area contributed by atoms with Crippen molar-refractivity contribution in [2.45, 2.75) is 37.9 Å². The van der Waals surface area contributed by atoms with Gasteiger partial charge in [0.2, 0.25) is 0 Å². The van der Waals surface area contributed by atoms with Crippen molar-refractivity contribution in [2.75, 3.05) is 52.7 Å². The lowest BCUT2D eigenvalue weighted by atomic mass is 10.2. The Labute approximate surface area is 110 Å². The maximum atomic E-state index is 6.11. The third-order valence-electron chi connectivity index (χ3n) is 5.70. The van der Waals surface area contributed by atoms with Crippen molar-refractivity contribution in [3.05, 3.63) is 0 Å². The lowest BCUT2D eigenvalue weighted by Gasteiger charge is -2.27. The van der Waals surface area contributed by atoms with Crippen LogP contribution < -0.4 is 0 Å². The van der Waals surface area contributed by atoms with Crippen LogP contribution in [0, 0.1) is 0 Å². The molecule has 4 nitrogen and oxygen atoms in total. The Balaban J connectivity index is 1.40. The van der Waals surface area contributed by atoms with Gasteiger partial charge in [-0.1, -0.05) is 0 Å². The highest BCUT2D eigenvalue weighted by molar-refractivity contribution is 4.78. The molecule has 0 bridgehead atoms. The average molecular weight is 254 g/mol. The topological polar surface area (TPSA) is 18.5 Å². The van der Waals surface area contributed by atoms with Gasteiger partial charge in [0.25, 0.3) is 0 Å². The zero-order chi connectivity index (χ0) is 12.1. The van der Waals surface area contributed by atoms with E-state index in [1.165, 1.54) is 73.9 Å². The Kier molecular flexibility index (Phi) is 2.70. The molecule has 0 aromatic heterocycles. The Morgan fingerprint density at radius 1 is 0.611 bits per heavy atom. The van der Waals surface area contributed by atoms with E-state index in [0.29, 0.717) is 12.2 Å². The number of quaternary nitrogens is 2. The van der Waals surface area contributed by atoms with E-state index >= 15 is 0 Å². The van der Waals surface area contributed by atoms with E-state index in [1.807, 2.05) is 0 Å². The lowest BCUT2D eigenvalue weighted by Crippen LogP contribution is -2.47. The fourth-order valence-corrected chi connectivity index (χ4v) is 4.57. The molecule has 0 saturated carbocycles. The maximum absolute atomic E-state index is 6.11. The molecule has 4 aliphatic rings. The molecule has 18 heavy (non-hydrogen) atoms. The quantitative estimate of drug-likeness (QED) is 0.648.